The molecule has 2 nitrogen and oxygen atoms in total. The number of nitrogens with two attached hydrogens (primary N) is 1. The second-order valence-corrected chi connectivity index (χ2v) is 2.62. The van der Waals surface area contributed by atoms with Crippen LogP contribution in [0.5, 0.6) is 0 Å². The first-order valence-electron chi connectivity index (χ1n) is 3.44. The first-order valence-corrected chi connectivity index (χ1v) is 3.44. The summed E-state index contributed by atoms with van der Waals surface area (Å²) in [5.41, 5.74) is 1.32. The van der Waals surface area contributed by atoms with E-state index in [1.807, 2.05) is 23.2 Å². The molecule has 0 bridgehead atoms. The van der Waals surface area contributed by atoms with Gasteiger partial charge in [-0.3, -0.25) is 5.84 Å². The molecule has 0 amide bonds. The summed E-state index contributed by atoms with van der Waals surface area (Å²) in [7, 11) is 0. The van der Waals surface area contributed by atoms with E-state index in [0.717, 1.165) is 6.54 Å². The fourth-order valence-electron chi connectivity index (χ4n) is 1.12. The summed E-state index contributed by atoms with van der Waals surface area (Å²) in [5.74, 6) is 5.53. The third-order valence-electron chi connectivity index (χ3n) is 1.83. The topological polar surface area (TPSA) is 29.0 Å². The zero-order valence-electron chi connectivity index (χ0n) is 5.70. The van der Waals surface area contributed by atoms with Crippen molar-refractivity contribution in [3.05, 3.63) is 35.9 Å². The Bertz CT molecular complexity index is 220. The molecule has 2 rings (SSSR count). The van der Waals surface area contributed by atoms with Gasteiger partial charge in [-0.1, -0.05) is 30.3 Å². The van der Waals surface area contributed by atoms with Crippen molar-refractivity contribution in [2.24, 2.45) is 5.84 Å². The SMILES string of the molecule is NN1C[C@H]1c1ccccc1. The van der Waals surface area contributed by atoms with Crippen molar-refractivity contribution >= 4 is 0 Å². The highest BCUT2D eigenvalue weighted by atomic mass is 15.5. The minimum absolute atomic E-state index is 0.487. The van der Waals surface area contributed by atoms with Gasteiger partial charge in [-0.2, -0.15) is 0 Å². The molecule has 1 aliphatic heterocycles. The van der Waals surface area contributed by atoms with Gasteiger partial charge >= 0.3 is 0 Å². The number of benzene rings is 1. The van der Waals surface area contributed by atoms with Gasteiger partial charge < -0.3 is 0 Å². The van der Waals surface area contributed by atoms with Crippen molar-refractivity contribution in [1.29, 1.82) is 0 Å². The zero-order valence-corrected chi connectivity index (χ0v) is 5.70. The summed E-state index contributed by atoms with van der Waals surface area (Å²) >= 11 is 0. The Hall–Kier alpha value is -0.860. The van der Waals surface area contributed by atoms with Crippen LogP contribution in [0.1, 0.15) is 11.6 Å². The van der Waals surface area contributed by atoms with Gasteiger partial charge in [0.25, 0.3) is 0 Å². The van der Waals surface area contributed by atoms with Crippen molar-refractivity contribution < 1.29 is 0 Å². The summed E-state index contributed by atoms with van der Waals surface area (Å²) in [5, 5.41) is 1.83. The van der Waals surface area contributed by atoms with Crippen molar-refractivity contribution in [3.8, 4) is 0 Å². The highest BCUT2D eigenvalue weighted by Crippen LogP contribution is 2.29. The second kappa shape index (κ2) is 2.08. The molecule has 1 aromatic carbocycles. The number of nitrogens with zero attached hydrogens (tertiary/aromatic N) is 1. The number of hydrogen-bond donors (Lipinski definition) is 1. The van der Waals surface area contributed by atoms with Gasteiger partial charge in [-0.05, 0) is 5.56 Å². The summed E-state index contributed by atoms with van der Waals surface area (Å²) in [6, 6.07) is 10.8. The summed E-state index contributed by atoms with van der Waals surface area (Å²) in [4.78, 5) is 0. The van der Waals surface area contributed by atoms with Crippen LogP contribution in [0.25, 0.3) is 0 Å². The smallest absolute Gasteiger partial charge is 0.0632 e. The van der Waals surface area contributed by atoms with Gasteiger partial charge in [0.1, 0.15) is 0 Å². The molecule has 1 aliphatic rings. The first kappa shape index (κ1) is 5.89. The molecule has 1 saturated heterocycles. The molecule has 1 heterocycles. The standard InChI is InChI=1S/C8H10N2/c9-10-6-8(10)7-4-2-1-3-5-7/h1-5,8H,6,9H2/t8-,10?/m0/s1. The molecule has 10 heavy (non-hydrogen) atoms. The molecular weight excluding hydrogens is 124 g/mol. The molecular formula is C8H10N2. The lowest BCUT2D eigenvalue weighted by Gasteiger charge is -1.94. The van der Waals surface area contributed by atoms with Gasteiger partial charge in [-0.25, -0.2) is 5.01 Å². The maximum Gasteiger partial charge on any atom is 0.0632 e. The van der Waals surface area contributed by atoms with E-state index in [1.54, 1.807) is 0 Å². The van der Waals surface area contributed by atoms with Crippen LogP contribution in [0.4, 0.5) is 0 Å². The lowest BCUT2D eigenvalue weighted by Crippen LogP contribution is -2.05. The Kier molecular flexibility index (Phi) is 1.22. The molecule has 2 atom stereocenters. The summed E-state index contributed by atoms with van der Waals surface area (Å²) < 4.78 is 0. The van der Waals surface area contributed by atoms with E-state index in [0.29, 0.717) is 6.04 Å². The molecule has 0 radical (unpaired) electrons. The molecule has 52 valence electrons. The van der Waals surface area contributed by atoms with Crippen molar-refractivity contribution in [1.82, 2.24) is 5.01 Å². The Morgan fingerprint density at radius 3 is 2.40 bits per heavy atom. The molecule has 2 heteroatoms. The monoisotopic (exact) mass is 134 g/mol. The Morgan fingerprint density at radius 1 is 1.30 bits per heavy atom. The highest BCUT2D eigenvalue weighted by molar-refractivity contribution is 5.22. The molecule has 1 unspecified atom stereocenters. The summed E-state index contributed by atoms with van der Waals surface area (Å²) in [6.07, 6.45) is 0. The zero-order chi connectivity index (χ0) is 6.97. The van der Waals surface area contributed by atoms with Crippen LogP contribution in [0.2, 0.25) is 0 Å². The van der Waals surface area contributed by atoms with E-state index >= 15 is 0 Å². The fraction of sp³-hybridized carbons (Fsp3) is 0.250. The van der Waals surface area contributed by atoms with E-state index in [2.05, 4.69) is 12.1 Å². The average molecular weight is 134 g/mol. The quantitative estimate of drug-likeness (QED) is 0.457. The second-order valence-electron chi connectivity index (χ2n) is 2.62. The molecule has 2 N–H and O–H groups in total. The van der Waals surface area contributed by atoms with Gasteiger partial charge in [0.05, 0.1) is 6.04 Å². The van der Waals surface area contributed by atoms with Crippen LogP contribution in [-0.4, -0.2) is 11.6 Å². The molecule has 1 aromatic rings. The predicted octanol–water partition coefficient (Wildman–Crippen LogP) is 0.917. The molecule has 0 aromatic heterocycles. The molecule has 0 aliphatic carbocycles. The van der Waals surface area contributed by atoms with Gasteiger partial charge in [0, 0.05) is 6.54 Å². The van der Waals surface area contributed by atoms with Crippen LogP contribution in [0.15, 0.2) is 30.3 Å². The van der Waals surface area contributed by atoms with Crippen molar-refractivity contribution in [2.75, 3.05) is 6.54 Å². The van der Waals surface area contributed by atoms with Gasteiger partial charge in [-0.15, -0.1) is 0 Å². The summed E-state index contributed by atoms with van der Waals surface area (Å²) in [6.45, 7) is 1.00. The first-order chi connectivity index (χ1) is 4.88. The van der Waals surface area contributed by atoms with Crippen molar-refractivity contribution in [3.63, 3.8) is 0 Å². The third-order valence-corrected chi connectivity index (χ3v) is 1.83. The van der Waals surface area contributed by atoms with E-state index in [9.17, 15) is 0 Å². The Balaban J connectivity index is 2.20. The van der Waals surface area contributed by atoms with Crippen LogP contribution in [-0.2, 0) is 0 Å². The lowest BCUT2D eigenvalue weighted by atomic mass is 10.2. The minimum Gasteiger partial charge on any atom is -0.268 e. The average Bonchev–Trinajstić information content (AvgIpc) is 2.69. The van der Waals surface area contributed by atoms with Crippen LogP contribution < -0.4 is 5.84 Å². The van der Waals surface area contributed by atoms with Gasteiger partial charge in [0.2, 0.25) is 0 Å². The molecule has 1 fully saturated rings. The third kappa shape index (κ3) is 0.916. The van der Waals surface area contributed by atoms with Crippen LogP contribution >= 0.6 is 0 Å². The fourth-order valence-corrected chi connectivity index (χ4v) is 1.12. The van der Waals surface area contributed by atoms with Crippen LogP contribution in [0, 0.1) is 0 Å². The normalized spacial score (nSPS) is 30.1. The molecule has 0 saturated carbocycles. The number of rotatable bonds is 1. The van der Waals surface area contributed by atoms with Gasteiger partial charge in [0.15, 0.2) is 0 Å². The van der Waals surface area contributed by atoms with E-state index in [4.69, 9.17) is 5.84 Å². The Morgan fingerprint density at radius 2 is 1.90 bits per heavy atom. The predicted molar refractivity (Wildman–Crippen MR) is 40.1 cm³/mol. The number of hydrazine groups is 1. The Labute approximate surface area is 60.2 Å². The van der Waals surface area contributed by atoms with E-state index in [1.165, 1.54) is 5.56 Å². The minimum atomic E-state index is 0.487. The largest absolute Gasteiger partial charge is 0.268 e. The maximum absolute atomic E-state index is 5.53. The van der Waals surface area contributed by atoms with Crippen LogP contribution in [0.3, 0.4) is 0 Å². The van der Waals surface area contributed by atoms with Crippen molar-refractivity contribution in [2.45, 2.75) is 6.04 Å². The van der Waals surface area contributed by atoms with E-state index < -0.39 is 0 Å². The number of hydrogen-bond acceptors (Lipinski definition) is 2. The van der Waals surface area contributed by atoms with E-state index in [-0.39, 0.29) is 0 Å². The lowest BCUT2D eigenvalue weighted by molar-refractivity contribution is 0.548. The maximum atomic E-state index is 5.53. The molecule has 0 spiro atoms. The highest BCUT2D eigenvalue weighted by Gasteiger charge is 2.31.